The highest BCUT2D eigenvalue weighted by atomic mass is 79.9. The fourth-order valence-electron chi connectivity index (χ4n) is 3.14. The third-order valence-corrected chi connectivity index (χ3v) is 5.16. The maximum absolute atomic E-state index is 11.3. The van der Waals surface area contributed by atoms with Crippen LogP contribution in [0.5, 0.6) is 0 Å². The van der Waals surface area contributed by atoms with Gasteiger partial charge in [0.25, 0.3) is 0 Å². The van der Waals surface area contributed by atoms with Crippen LogP contribution >= 0.6 is 15.9 Å². The van der Waals surface area contributed by atoms with Crippen LogP contribution in [-0.4, -0.2) is 56.2 Å². The molecule has 1 aromatic carbocycles. The van der Waals surface area contributed by atoms with Gasteiger partial charge in [0.2, 0.25) is 0 Å². The molecule has 7 heteroatoms. The van der Waals surface area contributed by atoms with Crippen LogP contribution < -0.4 is 10.6 Å². The number of benzene rings is 1. The summed E-state index contributed by atoms with van der Waals surface area (Å²) in [5.41, 5.74) is 1.35. The first-order valence-electron chi connectivity index (χ1n) is 9.70. The third-order valence-electron chi connectivity index (χ3n) is 4.63. The molecule has 0 aliphatic carbocycles. The lowest BCUT2D eigenvalue weighted by atomic mass is 10.0. The quantitative estimate of drug-likeness (QED) is 0.282. The average Bonchev–Trinajstić information content (AvgIpc) is 2.67. The van der Waals surface area contributed by atoms with Crippen LogP contribution in [0.4, 0.5) is 0 Å². The fourth-order valence-corrected chi connectivity index (χ4v) is 3.41. The highest BCUT2D eigenvalue weighted by molar-refractivity contribution is 9.10. The number of piperidine rings is 1. The molecule has 1 aliphatic rings. The van der Waals surface area contributed by atoms with E-state index in [1.54, 1.807) is 7.05 Å². The van der Waals surface area contributed by atoms with E-state index in [1.807, 2.05) is 6.92 Å². The van der Waals surface area contributed by atoms with Crippen LogP contribution in [0.2, 0.25) is 0 Å². The van der Waals surface area contributed by atoms with Crippen molar-refractivity contribution in [2.75, 3.05) is 33.3 Å². The second kappa shape index (κ2) is 12.0. The first kappa shape index (κ1) is 21.7. The second-order valence-corrected chi connectivity index (χ2v) is 7.64. The maximum atomic E-state index is 11.3. The van der Waals surface area contributed by atoms with Crippen LogP contribution in [-0.2, 0) is 16.1 Å². The number of carbonyl (C=O) groups excluding carboxylic acids is 1. The molecule has 0 bridgehead atoms. The number of hydrogen-bond acceptors (Lipinski definition) is 4. The molecule has 0 unspecified atom stereocenters. The molecule has 0 atom stereocenters. The minimum absolute atomic E-state index is 0.139. The maximum Gasteiger partial charge on any atom is 0.305 e. The van der Waals surface area contributed by atoms with Crippen LogP contribution in [0.15, 0.2) is 33.7 Å². The van der Waals surface area contributed by atoms with Crippen molar-refractivity contribution in [2.45, 2.75) is 45.2 Å². The van der Waals surface area contributed by atoms with E-state index >= 15 is 0 Å². The van der Waals surface area contributed by atoms with E-state index in [2.05, 4.69) is 60.7 Å². The number of esters is 1. The lowest BCUT2D eigenvalue weighted by Gasteiger charge is -2.33. The summed E-state index contributed by atoms with van der Waals surface area (Å²) in [7, 11) is 1.78. The molecule has 1 heterocycles. The van der Waals surface area contributed by atoms with E-state index in [9.17, 15) is 4.79 Å². The Labute approximate surface area is 170 Å². The first-order chi connectivity index (χ1) is 13.1. The summed E-state index contributed by atoms with van der Waals surface area (Å²) >= 11 is 3.48. The molecule has 1 saturated heterocycles. The molecule has 6 nitrogen and oxygen atoms in total. The van der Waals surface area contributed by atoms with E-state index in [-0.39, 0.29) is 5.97 Å². The highest BCUT2D eigenvalue weighted by Gasteiger charge is 2.20. The minimum atomic E-state index is -0.139. The normalized spacial score (nSPS) is 16.2. The van der Waals surface area contributed by atoms with E-state index in [0.29, 0.717) is 25.6 Å². The largest absolute Gasteiger partial charge is 0.466 e. The van der Waals surface area contributed by atoms with Gasteiger partial charge in [-0.3, -0.25) is 14.7 Å². The molecule has 0 radical (unpaired) electrons. The Kier molecular flexibility index (Phi) is 9.62. The zero-order valence-electron chi connectivity index (χ0n) is 16.3. The molecular weight excluding hydrogens is 408 g/mol. The van der Waals surface area contributed by atoms with Crippen LogP contribution in [0.3, 0.4) is 0 Å². The Balaban J connectivity index is 1.64. The lowest BCUT2D eigenvalue weighted by molar-refractivity contribution is -0.143. The number of guanidine groups is 1. The summed E-state index contributed by atoms with van der Waals surface area (Å²) in [5.74, 6) is 0.672. The molecule has 2 rings (SSSR count). The zero-order chi connectivity index (χ0) is 19.5. The number of nitrogens with zero attached hydrogens (tertiary/aromatic N) is 2. The van der Waals surface area contributed by atoms with Crippen molar-refractivity contribution in [1.29, 1.82) is 0 Å². The second-order valence-electron chi connectivity index (χ2n) is 6.73. The predicted octanol–water partition coefficient (Wildman–Crippen LogP) is 2.92. The molecule has 0 spiro atoms. The zero-order valence-corrected chi connectivity index (χ0v) is 17.9. The van der Waals surface area contributed by atoms with Crippen LogP contribution in [0, 0.1) is 0 Å². The number of hydrogen-bond donors (Lipinski definition) is 2. The molecule has 0 amide bonds. The van der Waals surface area contributed by atoms with Gasteiger partial charge >= 0.3 is 5.97 Å². The van der Waals surface area contributed by atoms with Gasteiger partial charge in [-0.1, -0.05) is 28.1 Å². The molecule has 150 valence electrons. The van der Waals surface area contributed by atoms with Gasteiger partial charge in [0.15, 0.2) is 5.96 Å². The van der Waals surface area contributed by atoms with Crippen LogP contribution in [0.25, 0.3) is 0 Å². The molecule has 1 aromatic rings. The Hall–Kier alpha value is -1.60. The van der Waals surface area contributed by atoms with Gasteiger partial charge in [0.05, 0.1) is 6.61 Å². The van der Waals surface area contributed by atoms with Crippen molar-refractivity contribution in [1.82, 2.24) is 15.5 Å². The summed E-state index contributed by atoms with van der Waals surface area (Å²) in [5, 5.41) is 6.78. The topological polar surface area (TPSA) is 66.0 Å². The van der Waals surface area contributed by atoms with Gasteiger partial charge < -0.3 is 15.4 Å². The summed E-state index contributed by atoms with van der Waals surface area (Å²) < 4.78 is 6.06. The number of ether oxygens (including phenoxy) is 1. The summed E-state index contributed by atoms with van der Waals surface area (Å²) in [6.07, 6.45) is 3.37. The summed E-state index contributed by atoms with van der Waals surface area (Å²) in [6.45, 7) is 6.13. The summed E-state index contributed by atoms with van der Waals surface area (Å²) in [6, 6.07) is 8.98. The molecule has 0 saturated carbocycles. The lowest BCUT2D eigenvalue weighted by Crippen LogP contribution is -2.48. The van der Waals surface area contributed by atoms with Crippen molar-refractivity contribution in [3.63, 3.8) is 0 Å². The van der Waals surface area contributed by atoms with Crippen molar-refractivity contribution < 1.29 is 9.53 Å². The smallest absolute Gasteiger partial charge is 0.305 e. The van der Waals surface area contributed by atoms with Crippen molar-refractivity contribution >= 4 is 27.9 Å². The highest BCUT2D eigenvalue weighted by Crippen LogP contribution is 2.16. The van der Waals surface area contributed by atoms with Gasteiger partial charge in [0, 0.05) is 50.2 Å². The Morgan fingerprint density at radius 1 is 1.30 bits per heavy atom. The van der Waals surface area contributed by atoms with Crippen LogP contribution in [0.1, 0.15) is 38.2 Å². The summed E-state index contributed by atoms with van der Waals surface area (Å²) in [4.78, 5) is 18.1. The van der Waals surface area contributed by atoms with Gasteiger partial charge in [0.1, 0.15) is 0 Å². The molecule has 1 aliphatic heterocycles. The SMILES string of the molecule is CCOC(=O)CCCNC(=NC)NC1CCN(Cc2ccc(Br)cc2)CC1. The molecule has 27 heavy (non-hydrogen) atoms. The molecule has 0 aromatic heterocycles. The number of likely N-dealkylation sites (tertiary alicyclic amines) is 1. The van der Waals surface area contributed by atoms with Gasteiger partial charge in [-0.2, -0.15) is 0 Å². The number of halogens is 1. The van der Waals surface area contributed by atoms with E-state index in [0.717, 1.165) is 49.3 Å². The van der Waals surface area contributed by atoms with E-state index < -0.39 is 0 Å². The Morgan fingerprint density at radius 3 is 2.63 bits per heavy atom. The van der Waals surface area contributed by atoms with Gasteiger partial charge in [-0.05, 0) is 43.9 Å². The van der Waals surface area contributed by atoms with Gasteiger partial charge in [-0.25, -0.2) is 0 Å². The standard InChI is InChI=1S/C20H31BrN4O2/c1-3-27-19(26)5-4-12-23-20(22-2)24-18-10-13-25(14-11-18)15-16-6-8-17(21)9-7-16/h6-9,18H,3-5,10-15H2,1-2H3,(H2,22,23,24). The number of carbonyl (C=O) groups is 1. The van der Waals surface area contributed by atoms with Crippen molar-refractivity contribution in [3.05, 3.63) is 34.3 Å². The molecular formula is C20H31BrN4O2. The number of aliphatic imine (C=N–C) groups is 1. The minimum Gasteiger partial charge on any atom is -0.466 e. The third kappa shape index (κ3) is 8.30. The van der Waals surface area contributed by atoms with Gasteiger partial charge in [-0.15, -0.1) is 0 Å². The van der Waals surface area contributed by atoms with Crippen molar-refractivity contribution in [3.8, 4) is 0 Å². The Morgan fingerprint density at radius 2 is 2.00 bits per heavy atom. The van der Waals surface area contributed by atoms with E-state index in [1.165, 1.54) is 5.56 Å². The Bertz CT molecular complexity index is 599. The fraction of sp³-hybridized carbons (Fsp3) is 0.600. The van der Waals surface area contributed by atoms with Crippen molar-refractivity contribution in [2.24, 2.45) is 4.99 Å². The first-order valence-corrected chi connectivity index (χ1v) is 10.5. The number of nitrogens with one attached hydrogen (secondary N) is 2. The molecule has 2 N–H and O–H groups in total. The predicted molar refractivity (Wildman–Crippen MR) is 113 cm³/mol. The molecule has 1 fully saturated rings. The number of rotatable bonds is 8. The average molecular weight is 439 g/mol. The van der Waals surface area contributed by atoms with E-state index in [4.69, 9.17) is 4.74 Å². The monoisotopic (exact) mass is 438 g/mol.